The standard InChI is InChI=1S/C19H12Cl2N2O3S/c1-26-15-7-10(6-13(21)17(15)24)8-16-18(25)23-9-14(22-19(23)27-16)11-2-4-12(20)5-3-11/h2-9,24H,1H3/b16-8-. The molecule has 27 heavy (non-hydrogen) atoms. The minimum Gasteiger partial charge on any atom is -0.503 e. The number of rotatable bonds is 3. The van der Waals surface area contributed by atoms with Crippen molar-refractivity contribution in [2.75, 3.05) is 7.11 Å². The van der Waals surface area contributed by atoms with Gasteiger partial charge in [0.1, 0.15) is 0 Å². The third-order valence-electron chi connectivity index (χ3n) is 4.01. The molecule has 0 aliphatic rings. The van der Waals surface area contributed by atoms with Crippen LogP contribution >= 0.6 is 34.5 Å². The molecule has 0 fully saturated rings. The smallest absolute Gasteiger partial charge is 0.274 e. The van der Waals surface area contributed by atoms with E-state index in [-0.39, 0.29) is 22.1 Å². The summed E-state index contributed by atoms with van der Waals surface area (Å²) in [7, 11) is 1.44. The number of ether oxygens (including phenoxy) is 1. The van der Waals surface area contributed by atoms with E-state index in [1.165, 1.54) is 22.8 Å². The fourth-order valence-corrected chi connectivity index (χ4v) is 3.98. The number of imidazole rings is 1. The van der Waals surface area contributed by atoms with E-state index in [9.17, 15) is 9.90 Å². The van der Waals surface area contributed by atoms with Crippen LogP contribution in [0, 0.1) is 0 Å². The average Bonchev–Trinajstić information content (AvgIpc) is 3.18. The Bertz CT molecular complexity index is 1260. The Kier molecular flexibility index (Phi) is 4.55. The fraction of sp³-hybridized carbons (Fsp3) is 0.0526. The molecule has 0 spiro atoms. The lowest BCUT2D eigenvalue weighted by Crippen LogP contribution is -2.22. The van der Waals surface area contributed by atoms with Crippen molar-refractivity contribution < 1.29 is 9.84 Å². The van der Waals surface area contributed by atoms with Gasteiger partial charge >= 0.3 is 0 Å². The molecule has 4 aromatic rings. The van der Waals surface area contributed by atoms with Crippen molar-refractivity contribution in [2.24, 2.45) is 0 Å². The zero-order valence-electron chi connectivity index (χ0n) is 13.9. The van der Waals surface area contributed by atoms with Gasteiger partial charge in [-0.1, -0.05) is 46.7 Å². The van der Waals surface area contributed by atoms with Gasteiger partial charge in [0.2, 0.25) is 0 Å². The highest BCUT2D eigenvalue weighted by molar-refractivity contribution is 7.15. The van der Waals surface area contributed by atoms with E-state index >= 15 is 0 Å². The van der Waals surface area contributed by atoms with Gasteiger partial charge in [0.05, 0.1) is 22.4 Å². The zero-order valence-corrected chi connectivity index (χ0v) is 16.3. The molecule has 0 aliphatic heterocycles. The number of fused-ring (bicyclic) bond motifs is 1. The van der Waals surface area contributed by atoms with Crippen LogP contribution in [0.15, 0.2) is 47.4 Å². The molecule has 0 aliphatic carbocycles. The first-order chi connectivity index (χ1) is 13.0. The van der Waals surface area contributed by atoms with Gasteiger partial charge in [-0.2, -0.15) is 0 Å². The molecule has 0 unspecified atom stereocenters. The van der Waals surface area contributed by atoms with E-state index in [0.29, 0.717) is 25.8 Å². The molecule has 0 saturated carbocycles. The summed E-state index contributed by atoms with van der Waals surface area (Å²) >= 11 is 13.2. The van der Waals surface area contributed by atoms with E-state index in [4.69, 9.17) is 27.9 Å². The molecule has 2 aromatic heterocycles. The number of halogens is 2. The van der Waals surface area contributed by atoms with Crippen LogP contribution < -0.4 is 14.8 Å². The van der Waals surface area contributed by atoms with Gasteiger partial charge in [-0.05, 0) is 35.9 Å². The number of nitrogens with zero attached hydrogens (tertiary/aromatic N) is 2. The highest BCUT2D eigenvalue weighted by Crippen LogP contribution is 2.35. The molecular formula is C19H12Cl2N2O3S. The molecule has 0 saturated heterocycles. The molecule has 1 N–H and O–H groups in total. The lowest BCUT2D eigenvalue weighted by atomic mass is 10.2. The van der Waals surface area contributed by atoms with Gasteiger partial charge in [-0.25, -0.2) is 4.98 Å². The number of benzene rings is 2. The molecular weight excluding hydrogens is 407 g/mol. The summed E-state index contributed by atoms with van der Waals surface area (Å²) in [5, 5.41) is 10.6. The maximum absolute atomic E-state index is 12.7. The van der Waals surface area contributed by atoms with Crippen molar-refractivity contribution in [1.82, 2.24) is 9.38 Å². The van der Waals surface area contributed by atoms with E-state index < -0.39 is 0 Å². The number of phenolic OH excluding ortho intramolecular Hbond substituents is 1. The SMILES string of the molecule is COc1cc(/C=c2\sc3nc(-c4ccc(Cl)cc4)cn3c2=O)cc(Cl)c1O. The van der Waals surface area contributed by atoms with Gasteiger partial charge in [0.25, 0.3) is 5.56 Å². The molecule has 0 atom stereocenters. The first-order valence-electron chi connectivity index (χ1n) is 7.82. The molecule has 4 rings (SSSR count). The number of phenols is 1. The van der Waals surface area contributed by atoms with Gasteiger partial charge in [0, 0.05) is 16.8 Å². The summed E-state index contributed by atoms with van der Waals surface area (Å²) in [5.74, 6) is 0.111. The van der Waals surface area contributed by atoms with Crippen LogP contribution in [-0.4, -0.2) is 21.6 Å². The summed E-state index contributed by atoms with van der Waals surface area (Å²) in [6.07, 6.45) is 3.40. The Balaban J connectivity index is 1.80. The normalized spacial score (nSPS) is 12.0. The van der Waals surface area contributed by atoms with Crippen LogP contribution in [0.2, 0.25) is 10.0 Å². The number of aromatic nitrogens is 2. The lowest BCUT2D eigenvalue weighted by Gasteiger charge is -2.05. The molecule has 8 heteroatoms. The van der Waals surface area contributed by atoms with E-state index in [1.54, 1.807) is 36.5 Å². The summed E-state index contributed by atoms with van der Waals surface area (Å²) in [5.41, 5.74) is 2.06. The summed E-state index contributed by atoms with van der Waals surface area (Å²) in [6.45, 7) is 0. The van der Waals surface area contributed by atoms with E-state index in [1.807, 2.05) is 12.1 Å². The Morgan fingerprint density at radius 3 is 2.63 bits per heavy atom. The Labute approximate surface area is 167 Å². The van der Waals surface area contributed by atoms with Crippen molar-refractivity contribution in [3.05, 3.63) is 73.1 Å². The van der Waals surface area contributed by atoms with Crippen LogP contribution in [0.3, 0.4) is 0 Å². The van der Waals surface area contributed by atoms with Crippen LogP contribution in [0.5, 0.6) is 11.5 Å². The molecule has 0 amide bonds. The minimum atomic E-state index is -0.175. The summed E-state index contributed by atoms with van der Waals surface area (Å²) < 4.78 is 7.11. The minimum absolute atomic E-state index is 0.132. The highest BCUT2D eigenvalue weighted by atomic mass is 35.5. The molecule has 0 bridgehead atoms. The van der Waals surface area contributed by atoms with Crippen LogP contribution in [0.1, 0.15) is 5.56 Å². The maximum atomic E-state index is 12.7. The zero-order chi connectivity index (χ0) is 19.1. The second-order valence-electron chi connectivity index (χ2n) is 5.76. The molecule has 5 nitrogen and oxygen atoms in total. The van der Waals surface area contributed by atoms with Crippen molar-refractivity contribution in [1.29, 1.82) is 0 Å². The predicted molar refractivity (Wildman–Crippen MR) is 108 cm³/mol. The quantitative estimate of drug-likeness (QED) is 0.546. The molecule has 0 radical (unpaired) electrons. The number of hydrogen-bond donors (Lipinski definition) is 1. The number of thiazole rings is 1. The second kappa shape index (κ2) is 6.88. The number of aromatic hydroxyl groups is 1. The van der Waals surface area contributed by atoms with Crippen molar-refractivity contribution in [3.63, 3.8) is 0 Å². The van der Waals surface area contributed by atoms with Crippen molar-refractivity contribution in [3.8, 4) is 22.8 Å². The molecule has 136 valence electrons. The van der Waals surface area contributed by atoms with Crippen molar-refractivity contribution in [2.45, 2.75) is 0 Å². The summed E-state index contributed by atoms with van der Waals surface area (Å²) in [4.78, 5) is 17.8. The van der Waals surface area contributed by atoms with Gasteiger partial charge in [0.15, 0.2) is 16.5 Å². The number of hydrogen-bond acceptors (Lipinski definition) is 5. The Morgan fingerprint density at radius 2 is 1.96 bits per heavy atom. The van der Waals surface area contributed by atoms with Crippen LogP contribution in [-0.2, 0) is 0 Å². The third kappa shape index (κ3) is 3.27. The summed E-state index contributed by atoms with van der Waals surface area (Å²) in [6, 6.07) is 10.5. The monoisotopic (exact) mass is 418 g/mol. The maximum Gasteiger partial charge on any atom is 0.274 e. The van der Waals surface area contributed by atoms with Crippen LogP contribution in [0.4, 0.5) is 0 Å². The third-order valence-corrected chi connectivity index (χ3v) is 5.54. The molecule has 2 aromatic carbocycles. The van der Waals surface area contributed by atoms with Crippen LogP contribution in [0.25, 0.3) is 22.3 Å². The fourth-order valence-electron chi connectivity index (χ4n) is 2.68. The topological polar surface area (TPSA) is 63.8 Å². The first kappa shape index (κ1) is 17.9. The van der Waals surface area contributed by atoms with E-state index in [0.717, 1.165) is 5.56 Å². The first-order valence-corrected chi connectivity index (χ1v) is 9.39. The highest BCUT2D eigenvalue weighted by Gasteiger charge is 2.12. The van der Waals surface area contributed by atoms with E-state index in [2.05, 4.69) is 4.98 Å². The van der Waals surface area contributed by atoms with Crippen molar-refractivity contribution >= 4 is 45.6 Å². The Hall–Kier alpha value is -2.54. The van der Waals surface area contributed by atoms with Gasteiger partial charge in [-0.3, -0.25) is 9.20 Å². The molecule has 2 heterocycles. The lowest BCUT2D eigenvalue weighted by molar-refractivity contribution is 0.373. The average molecular weight is 419 g/mol. The second-order valence-corrected chi connectivity index (χ2v) is 7.61. The Morgan fingerprint density at radius 1 is 1.22 bits per heavy atom. The largest absolute Gasteiger partial charge is 0.503 e. The predicted octanol–water partition coefficient (Wildman–Crippen LogP) is 3.99. The number of methoxy groups -OCH3 is 1. The van der Waals surface area contributed by atoms with Gasteiger partial charge < -0.3 is 9.84 Å². The van der Waals surface area contributed by atoms with Gasteiger partial charge in [-0.15, -0.1) is 0 Å².